The molecule has 2 saturated heterocycles. The first kappa shape index (κ1) is 25.6. The second-order valence-corrected chi connectivity index (χ2v) is 12.0. The van der Waals surface area contributed by atoms with Gasteiger partial charge in [-0.2, -0.15) is 0 Å². The van der Waals surface area contributed by atoms with E-state index in [0.717, 1.165) is 11.6 Å². The molecule has 4 aromatic heterocycles. The van der Waals surface area contributed by atoms with E-state index in [-0.39, 0.29) is 28.6 Å². The van der Waals surface area contributed by atoms with Crippen LogP contribution in [0.4, 0.5) is 10.7 Å². The number of carbonyl (C=O) groups is 2. The van der Waals surface area contributed by atoms with Gasteiger partial charge in [-0.05, 0) is 37.3 Å². The Labute approximate surface area is 229 Å². The summed E-state index contributed by atoms with van der Waals surface area (Å²) >= 11 is 0. The van der Waals surface area contributed by atoms with Gasteiger partial charge in [0.2, 0.25) is 5.95 Å². The highest BCUT2D eigenvalue weighted by Crippen LogP contribution is 2.28. The molecule has 14 heteroatoms. The number of rotatable bonds is 6. The average molecular weight is 560 g/mol. The Hall–Kier alpha value is -4.72. The number of sulfone groups is 1. The Morgan fingerprint density at radius 2 is 1.88 bits per heavy atom. The minimum Gasteiger partial charge on any atom is -0.346 e. The van der Waals surface area contributed by atoms with Gasteiger partial charge in [-0.1, -0.05) is 0 Å². The van der Waals surface area contributed by atoms with Crippen LogP contribution < -0.4 is 20.9 Å². The van der Waals surface area contributed by atoms with Gasteiger partial charge in [0.15, 0.2) is 9.84 Å². The van der Waals surface area contributed by atoms with Crippen molar-refractivity contribution in [3.8, 4) is 11.4 Å². The van der Waals surface area contributed by atoms with E-state index in [2.05, 4.69) is 35.9 Å². The van der Waals surface area contributed by atoms with Crippen LogP contribution >= 0.6 is 0 Å². The second kappa shape index (κ2) is 9.48. The van der Waals surface area contributed by atoms with Crippen molar-refractivity contribution in [3.63, 3.8) is 0 Å². The van der Waals surface area contributed by atoms with Gasteiger partial charge < -0.3 is 20.9 Å². The number of nitrogens with zero attached hydrogens (tertiary/aromatic N) is 6. The Bertz CT molecular complexity index is 1790. The number of hydrogen-bond acceptors (Lipinski definition) is 10. The lowest BCUT2D eigenvalue weighted by Crippen LogP contribution is -2.69. The van der Waals surface area contributed by atoms with Gasteiger partial charge in [-0.3, -0.25) is 14.8 Å². The van der Waals surface area contributed by atoms with E-state index in [9.17, 15) is 18.0 Å². The molecular formula is C26H25N9O4S. The third kappa shape index (κ3) is 4.88. The molecule has 0 radical (unpaired) electrons. The first-order valence-electron chi connectivity index (χ1n) is 12.4. The minimum atomic E-state index is -3.51. The van der Waals surface area contributed by atoms with Crippen LogP contribution in [-0.4, -0.2) is 76.7 Å². The van der Waals surface area contributed by atoms with E-state index < -0.39 is 15.7 Å². The molecule has 0 aromatic carbocycles. The predicted molar refractivity (Wildman–Crippen MR) is 145 cm³/mol. The molecular weight excluding hydrogens is 534 g/mol. The lowest BCUT2D eigenvalue weighted by molar-refractivity contribution is 0.0949. The second-order valence-electron chi connectivity index (χ2n) is 10.0. The summed E-state index contributed by atoms with van der Waals surface area (Å²) in [6, 6.07) is 8.50. The molecule has 2 fully saturated rings. The third-order valence-electron chi connectivity index (χ3n) is 6.90. The van der Waals surface area contributed by atoms with Crippen molar-refractivity contribution in [1.29, 1.82) is 0 Å². The topological polar surface area (TPSA) is 172 Å². The summed E-state index contributed by atoms with van der Waals surface area (Å²) in [7, 11) is -3.51. The van der Waals surface area contributed by atoms with Gasteiger partial charge in [0.1, 0.15) is 0 Å². The van der Waals surface area contributed by atoms with Crippen molar-refractivity contribution in [1.82, 2.24) is 40.9 Å². The zero-order valence-electron chi connectivity index (χ0n) is 21.7. The minimum absolute atomic E-state index is 0.0181. The van der Waals surface area contributed by atoms with Gasteiger partial charge in [0, 0.05) is 49.9 Å². The van der Waals surface area contributed by atoms with E-state index in [0.29, 0.717) is 53.9 Å². The Morgan fingerprint density at radius 1 is 1.07 bits per heavy atom. The molecule has 0 aliphatic carbocycles. The van der Waals surface area contributed by atoms with Crippen LogP contribution in [-0.2, 0) is 16.4 Å². The summed E-state index contributed by atoms with van der Waals surface area (Å²) in [5.41, 5.74) is 2.77. The van der Waals surface area contributed by atoms with E-state index in [1.807, 2.05) is 17.0 Å². The van der Waals surface area contributed by atoms with Crippen molar-refractivity contribution in [3.05, 3.63) is 65.9 Å². The average Bonchev–Trinajstić information content (AvgIpc) is 3.32. The zero-order chi connectivity index (χ0) is 28.1. The number of pyridine rings is 3. The molecule has 0 atom stereocenters. The van der Waals surface area contributed by atoms with Crippen molar-refractivity contribution in [2.45, 2.75) is 23.9 Å². The van der Waals surface area contributed by atoms with E-state index in [1.165, 1.54) is 12.3 Å². The first-order valence-corrected chi connectivity index (χ1v) is 14.3. The lowest BCUT2D eigenvalue weighted by Gasteiger charge is -2.46. The molecule has 4 aromatic rings. The van der Waals surface area contributed by atoms with Crippen molar-refractivity contribution < 1.29 is 18.0 Å². The maximum atomic E-state index is 12.7. The molecule has 2 aliphatic heterocycles. The van der Waals surface area contributed by atoms with Crippen LogP contribution in [0.5, 0.6) is 0 Å². The van der Waals surface area contributed by atoms with Crippen molar-refractivity contribution in [2.24, 2.45) is 0 Å². The number of aromatic nitrogens is 5. The summed E-state index contributed by atoms with van der Waals surface area (Å²) in [5.74, 6) is 0.101. The summed E-state index contributed by atoms with van der Waals surface area (Å²) in [6.45, 7) is 3.51. The number of fused-ring (bicyclic) bond motifs is 1. The van der Waals surface area contributed by atoms with Gasteiger partial charge in [0.05, 0.1) is 50.8 Å². The molecule has 6 heterocycles. The molecule has 0 unspecified atom stereocenters. The number of hydrogen-bond donors (Lipinski definition) is 3. The molecule has 40 heavy (non-hydrogen) atoms. The van der Waals surface area contributed by atoms with Crippen LogP contribution in [0.3, 0.4) is 0 Å². The fourth-order valence-corrected chi connectivity index (χ4v) is 5.75. The van der Waals surface area contributed by atoms with Crippen LogP contribution in [0.2, 0.25) is 0 Å². The van der Waals surface area contributed by atoms with Crippen molar-refractivity contribution >= 4 is 38.6 Å². The number of anilines is 1. The molecule has 3 amide bonds. The number of aryl methyl sites for hydroxylation is 1. The van der Waals surface area contributed by atoms with Gasteiger partial charge >= 0.3 is 6.03 Å². The molecule has 1 spiro atoms. The smallest absolute Gasteiger partial charge is 0.315 e. The van der Waals surface area contributed by atoms with Crippen LogP contribution in [0.1, 0.15) is 21.7 Å². The Balaban J connectivity index is 1.17. The maximum absolute atomic E-state index is 12.7. The lowest BCUT2D eigenvalue weighted by atomic mass is 9.91. The number of carbonyl (C=O) groups excluding carboxylic acids is 2. The highest BCUT2D eigenvalue weighted by Gasteiger charge is 2.48. The predicted octanol–water partition coefficient (Wildman–Crippen LogP) is 0.995. The molecule has 3 N–H and O–H groups in total. The standard InChI is InChI=1S/C26H25N9O4S/c1-15-22(40(2,38)39)7-17(10-28-15)23(36)30-11-18-8-21-16(9-29-18)3-4-19(32-21)20-5-6-27-24(33-20)35-13-26(14-35)12-31-25(37)34-26/h3-10H,11-14H2,1-2H3,(H,30,36)(H2,31,34,37). The highest BCUT2D eigenvalue weighted by molar-refractivity contribution is 7.90. The normalized spacial score (nSPS) is 15.9. The third-order valence-corrected chi connectivity index (χ3v) is 8.12. The zero-order valence-corrected chi connectivity index (χ0v) is 22.5. The fourth-order valence-electron chi connectivity index (χ4n) is 4.82. The SMILES string of the molecule is Cc1ncc(C(=O)NCc2cc3nc(-c4ccnc(N5CC6(CNC(=O)N6)C5)n4)ccc3cn2)cc1S(C)(=O)=O. The number of nitrogens with one attached hydrogen (secondary N) is 3. The van der Waals surface area contributed by atoms with Crippen molar-refractivity contribution in [2.75, 3.05) is 30.8 Å². The molecule has 0 saturated carbocycles. The fraction of sp³-hybridized carbons (Fsp3) is 0.269. The monoisotopic (exact) mass is 559 g/mol. The summed E-state index contributed by atoms with van der Waals surface area (Å²) in [6.07, 6.45) is 5.79. The van der Waals surface area contributed by atoms with Gasteiger partial charge in [-0.15, -0.1) is 0 Å². The van der Waals surface area contributed by atoms with Crippen LogP contribution in [0.25, 0.3) is 22.3 Å². The Kier molecular flexibility index (Phi) is 6.06. The molecule has 2 aliphatic rings. The summed E-state index contributed by atoms with van der Waals surface area (Å²) in [4.78, 5) is 48.5. The van der Waals surface area contributed by atoms with E-state index in [4.69, 9.17) is 4.98 Å². The first-order chi connectivity index (χ1) is 19.1. The highest BCUT2D eigenvalue weighted by atomic mass is 32.2. The molecule has 6 rings (SSSR count). The maximum Gasteiger partial charge on any atom is 0.315 e. The van der Waals surface area contributed by atoms with Crippen LogP contribution in [0, 0.1) is 6.92 Å². The van der Waals surface area contributed by atoms with Gasteiger partial charge in [-0.25, -0.2) is 28.2 Å². The molecule has 13 nitrogen and oxygen atoms in total. The summed E-state index contributed by atoms with van der Waals surface area (Å²) < 4.78 is 24.0. The largest absolute Gasteiger partial charge is 0.346 e. The molecule has 204 valence electrons. The quantitative estimate of drug-likeness (QED) is 0.309. The van der Waals surface area contributed by atoms with E-state index >= 15 is 0 Å². The molecule has 0 bridgehead atoms. The van der Waals surface area contributed by atoms with E-state index in [1.54, 1.807) is 31.5 Å². The number of amides is 3. The Morgan fingerprint density at radius 3 is 2.62 bits per heavy atom. The van der Waals surface area contributed by atoms with Gasteiger partial charge in [0.25, 0.3) is 5.91 Å². The van der Waals surface area contributed by atoms with Crippen LogP contribution in [0.15, 0.2) is 53.8 Å². The summed E-state index contributed by atoms with van der Waals surface area (Å²) in [5, 5.41) is 9.33. The number of urea groups is 1.